The van der Waals surface area contributed by atoms with Crippen molar-refractivity contribution < 1.29 is 9.59 Å². The van der Waals surface area contributed by atoms with Crippen LogP contribution in [0.4, 0.5) is 0 Å². The first-order valence-corrected chi connectivity index (χ1v) is 10.2. The normalized spacial score (nSPS) is 11.8. The summed E-state index contributed by atoms with van der Waals surface area (Å²) < 4.78 is 0. The second-order valence-corrected chi connectivity index (χ2v) is 7.74. The van der Waals surface area contributed by atoms with E-state index in [0.717, 1.165) is 12.0 Å². The third kappa shape index (κ3) is 6.13. The average Bonchev–Trinajstić information content (AvgIpc) is 2.67. The standard InChI is InChI=1S/C21H23Cl3N2O2/c1-3-10-25-21(28)14(2)26(13-16-6-4-5-7-18(16)23)20(27)11-15-8-9-17(22)12-19(15)24/h4-9,12,14H,3,10-11,13H2,1-2H3,(H,25,28). The highest BCUT2D eigenvalue weighted by Crippen LogP contribution is 2.24. The summed E-state index contributed by atoms with van der Waals surface area (Å²) in [6, 6.07) is 11.6. The first-order chi connectivity index (χ1) is 13.3. The van der Waals surface area contributed by atoms with Gasteiger partial charge in [-0.2, -0.15) is 0 Å². The number of carbonyl (C=O) groups excluding carboxylic acids is 2. The summed E-state index contributed by atoms with van der Waals surface area (Å²) in [5.74, 6) is -0.423. The zero-order chi connectivity index (χ0) is 20.7. The third-order valence-electron chi connectivity index (χ3n) is 4.37. The fraction of sp³-hybridized carbons (Fsp3) is 0.333. The topological polar surface area (TPSA) is 49.4 Å². The summed E-state index contributed by atoms with van der Waals surface area (Å²) >= 11 is 18.4. The van der Waals surface area contributed by atoms with E-state index in [-0.39, 0.29) is 24.8 Å². The maximum Gasteiger partial charge on any atom is 0.242 e. The molecule has 0 saturated heterocycles. The van der Waals surface area contributed by atoms with Crippen LogP contribution in [0.3, 0.4) is 0 Å². The van der Waals surface area contributed by atoms with Crippen LogP contribution >= 0.6 is 34.8 Å². The van der Waals surface area contributed by atoms with Gasteiger partial charge >= 0.3 is 0 Å². The van der Waals surface area contributed by atoms with Crippen molar-refractivity contribution in [1.82, 2.24) is 10.2 Å². The molecule has 2 amide bonds. The lowest BCUT2D eigenvalue weighted by Gasteiger charge is -2.29. The summed E-state index contributed by atoms with van der Waals surface area (Å²) in [6.07, 6.45) is 0.878. The number of carbonyl (C=O) groups is 2. The van der Waals surface area contributed by atoms with Crippen molar-refractivity contribution in [2.24, 2.45) is 0 Å². The van der Waals surface area contributed by atoms with Crippen molar-refractivity contribution >= 4 is 46.6 Å². The lowest BCUT2D eigenvalue weighted by atomic mass is 10.1. The summed E-state index contributed by atoms with van der Waals surface area (Å²) in [7, 11) is 0. The highest BCUT2D eigenvalue weighted by atomic mass is 35.5. The number of amides is 2. The molecule has 1 N–H and O–H groups in total. The molecule has 0 radical (unpaired) electrons. The molecule has 7 heteroatoms. The molecule has 2 rings (SSSR count). The zero-order valence-corrected chi connectivity index (χ0v) is 18.1. The fourth-order valence-electron chi connectivity index (χ4n) is 2.72. The SMILES string of the molecule is CCCNC(=O)C(C)N(Cc1ccccc1Cl)C(=O)Cc1ccc(Cl)cc1Cl. The van der Waals surface area contributed by atoms with Gasteiger partial charge in [-0.05, 0) is 42.7 Å². The van der Waals surface area contributed by atoms with Gasteiger partial charge in [-0.3, -0.25) is 9.59 Å². The van der Waals surface area contributed by atoms with Gasteiger partial charge < -0.3 is 10.2 Å². The molecule has 2 aromatic carbocycles. The van der Waals surface area contributed by atoms with Crippen LogP contribution in [0.2, 0.25) is 15.1 Å². The van der Waals surface area contributed by atoms with Crippen LogP contribution in [-0.4, -0.2) is 29.3 Å². The van der Waals surface area contributed by atoms with Gasteiger partial charge in [-0.25, -0.2) is 0 Å². The molecule has 0 fully saturated rings. The van der Waals surface area contributed by atoms with E-state index in [1.54, 1.807) is 31.2 Å². The Morgan fingerprint density at radius 2 is 1.75 bits per heavy atom. The van der Waals surface area contributed by atoms with Crippen LogP contribution in [0, 0.1) is 0 Å². The monoisotopic (exact) mass is 440 g/mol. The van der Waals surface area contributed by atoms with E-state index in [0.29, 0.717) is 27.2 Å². The Bertz CT molecular complexity index is 842. The molecule has 0 aliphatic rings. The first kappa shape index (κ1) is 22.5. The largest absolute Gasteiger partial charge is 0.354 e. The van der Waals surface area contributed by atoms with Gasteiger partial charge in [0.15, 0.2) is 0 Å². The minimum Gasteiger partial charge on any atom is -0.354 e. The van der Waals surface area contributed by atoms with Crippen molar-refractivity contribution in [2.45, 2.75) is 39.3 Å². The molecule has 0 saturated carbocycles. The maximum absolute atomic E-state index is 13.1. The second kappa shape index (κ2) is 10.7. The number of hydrogen-bond acceptors (Lipinski definition) is 2. The Morgan fingerprint density at radius 3 is 2.39 bits per heavy atom. The van der Waals surface area contributed by atoms with Crippen LogP contribution in [0.15, 0.2) is 42.5 Å². The molecule has 0 aromatic heterocycles. The van der Waals surface area contributed by atoms with Crippen molar-refractivity contribution in [3.8, 4) is 0 Å². The number of rotatable bonds is 8. The molecule has 1 atom stereocenters. The Kier molecular flexibility index (Phi) is 8.61. The highest BCUT2D eigenvalue weighted by molar-refractivity contribution is 6.35. The predicted molar refractivity (Wildman–Crippen MR) is 115 cm³/mol. The molecular formula is C21H23Cl3N2O2. The third-order valence-corrected chi connectivity index (χ3v) is 5.33. The van der Waals surface area contributed by atoms with Gasteiger partial charge in [0.05, 0.1) is 6.42 Å². The lowest BCUT2D eigenvalue weighted by Crippen LogP contribution is -2.48. The van der Waals surface area contributed by atoms with E-state index >= 15 is 0 Å². The van der Waals surface area contributed by atoms with Crippen LogP contribution < -0.4 is 5.32 Å². The molecular weight excluding hydrogens is 419 g/mol. The first-order valence-electron chi connectivity index (χ1n) is 9.08. The van der Waals surface area contributed by atoms with E-state index in [4.69, 9.17) is 34.8 Å². The molecule has 1 unspecified atom stereocenters. The molecule has 2 aromatic rings. The van der Waals surface area contributed by atoms with E-state index in [1.807, 2.05) is 25.1 Å². The van der Waals surface area contributed by atoms with Crippen molar-refractivity contribution in [2.75, 3.05) is 6.54 Å². The molecule has 150 valence electrons. The predicted octanol–water partition coefficient (Wildman–Crippen LogP) is 5.13. The van der Waals surface area contributed by atoms with E-state index in [9.17, 15) is 9.59 Å². The van der Waals surface area contributed by atoms with Gasteiger partial charge in [0.2, 0.25) is 11.8 Å². The smallest absolute Gasteiger partial charge is 0.242 e. The minimum absolute atomic E-state index is 0.0614. The summed E-state index contributed by atoms with van der Waals surface area (Å²) in [5.41, 5.74) is 1.43. The van der Waals surface area contributed by atoms with Crippen LogP contribution in [0.1, 0.15) is 31.4 Å². The summed E-state index contributed by atoms with van der Waals surface area (Å²) in [6.45, 7) is 4.47. The zero-order valence-electron chi connectivity index (χ0n) is 15.8. The lowest BCUT2D eigenvalue weighted by molar-refractivity contribution is -0.140. The van der Waals surface area contributed by atoms with Gasteiger partial charge in [0, 0.05) is 28.2 Å². The average molecular weight is 442 g/mol. The Morgan fingerprint density at radius 1 is 1.04 bits per heavy atom. The number of halogens is 3. The van der Waals surface area contributed by atoms with Crippen LogP contribution in [-0.2, 0) is 22.6 Å². The maximum atomic E-state index is 13.1. The number of hydrogen-bond donors (Lipinski definition) is 1. The summed E-state index contributed by atoms with van der Waals surface area (Å²) in [4.78, 5) is 27.1. The van der Waals surface area contributed by atoms with E-state index < -0.39 is 6.04 Å². The van der Waals surface area contributed by atoms with E-state index in [2.05, 4.69) is 5.32 Å². The van der Waals surface area contributed by atoms with Crippen molar-refractivity contribution in [1.29, 1.82) is 0 Å². The molecule has 0 spiro atoms. The fourth-order valence-corrected chi connectivity index (χ4v) is 3.39. The Hall–Kier alpha value is -1.75. The van der Waals surface area contributed by atoms with Gasteiger partial charge in [0.25, 0.3) is 0 Å². The molecule has 0 bridgehead atoms. The number of nitrogens with zero attached hydrogens (tertiary/aromatic N) is 1. The highest BCUT2D eigenvalue weighted by Gasteiger charge is 2.27. The summed E-state index contributed by atoms with van der Waals surface area (Å²) in [5, 5.41) is 4.31. The molecule has 4 nitrogen and oxygen atoms in total. The van der Waals surface area contributed by atoms with Crippen LogP contribution in [0.25, 0.3) is 0 Å². The number of nitrogens with one attached hydrogen (secondary N) is 1. The van der Waals surface area contributed by atoms with Crippen LogP contribution in [0.5, 0.6) is 0 Å². The Balaban J connectivity index is 2.26. The molecule has 0 heterocycles. The van der Waals surface area contributed by atoms with Crippen molar-refractivity contribution in [3.63, 3.8) is 0 Å². The van der Waals surface area contributed by atoms with Gasteiger partial charge in [-0.15, -0.1) is 0 Å². The second-order valence-electron chi connectivity index (χ2n) is 6.49. The molecule has 0 aliphatic carbocycles. The quantitative estimate of drug-likeness (QED) is 0.617. The van der Waals surface area contributed by atoms with Gasteiger partial charge in [0.1, 0.15) is 6.04 Å². The molecule has 28 heavy (non-hydrogen) atoms. The number of benzene rings is 2. The Labute approximate surface area is 180 Å². The molecule has 0 aliphatic heterocycles. The minimum atomic E-state index is -0.651. The van der Waals surface area contributed by atoms with Crippen molar-refractivity contribution in [3.05, 3.63) is 68.7 Å². The van der Waals surface area contributed by atoms with E-state index in [1.165, 1.54) is 4.90 Å². The van der Waals surface area contributed by atoms with Gasteiger partial charge in [-0.1, -0.05) is 66.0 Å².